The van der Waals surface area contributed by atoms with Gasteiger partial charge in [0.1, 0.15) is 22.6 Å². The van der Waals surface area contributed by atoms with Crippen LogP contribution in [0.4, 0.5) is 23.1 Å². The number of nitrogens with zero attached hydrogens (tertiary/aromatic N) is 3. The summed E-state index contributed by atoms with van der Waals surface area (Å²) in [6, 6.07) is 12.5. The number of methoxy groups -OCH3 is 1. The topological polar surface area (TPSA) is 106 Å². The number of rotatable bonds is 9. The van der Waals surface area contributed by atoms with Crippen molar-refractivity contribution in [1.82, 2.24) is 14.9 Å². The van der Waals surface area contributed by atoms with Gasteiger partial charge in [-0.1, -0.05) is 43.0 Å². The lowest BCUT2D eigenvalue weighted by Gasteiger charge is -2.23. The second kappa shape index (κ2) is 12.0. The number of ether oxygens (including phenoxy) is 2. The summed E-state index contributed by atoms with van der Waals surface area (Å²) in [6.07, 6.45) is 6.91. The molecular weight excluding hydrogens is 538 g/mol. The molecule has 9 nitrogen and oxygen atoms in total. The summed E-state index contributed by atoms with van der Waals surface area (Å²) in [5.41, 5.74) is 1.09. The molecule has 0 radical (unpaired) electrons. The summed E-state index contributed by atoms with van der Waals surface area (Å²) in [5.74, 6) is 1.88. The van der Waals surface area contributed by atoms with Gasteiger partial charge in [-0.3, -0.25) is 0 Å². The lowest BCUT2D eigenvalue weighted by molar-refractivity contribution is 0.207. The van der Waals surface area contributed by atoms with E-state index < -0.39 is 9.84 Å². The van der Waals surface area contributed by atoms with E-state index >= 15 is 0 Å². The molecule has 0 amide bonds. The van der Waals surface area contributed by atoms with Crippen LogP contribution in [0.5, 0.6) is 11.5 Å². The molecule has 1 saturated heterocycles. The molecule has 0 bridgehead atoms. The molecular formula is C28H34ClN5O4S. The summed E-state index contributed by atoms with van der Waals surface area (Å²) in [7, 11) is 0.169. The van der Waals surface area contributed by atoms with Gasteiger partial charge in [0.05, 0.1) is 34.8 Å². The maximum absolute atomic E-state index is 13.5. The number of nitrogens with one attached hydrogen (secondary N) is 2. The SMILES string of the molecule is COc1cc(O[C@@H]2CCN(C)C2)ccc1Nc1ncc(Cl)c(Nc2ccccc2S(=O)(=O)C2CCCCC2)n1. The second-order valence-electron chi connectivity index (χ2n) is 10.1. The number of hydrogen-bond acceptors (Lipinski definition) is 9. The van der Waals surface area contributed by atoms with Crippen molar-refractivity contribution in [2.75, 3.05) is 37.9 Å². The first kappa shape index (κ1) is 27.5. The van der Waals surface area contributed by atoms with Gasteiger partial charge in [-0.25, -0.2) is 13.4 Å². The molecule has 2 heterocycles. The molecule has 2 fully saturated rings. The Balaban J connectivity index is 1.35. The Morgan fingerprint density at radius 2 is 1.82 bits per heavy atom. The van der Waals surface area contributed by atoms with Gasteiger partial charge < -0.3 is 25.0 Å². The summed E-state index contributed by atoms with van der Waals surface area (Å²) in [6.45, 7) is 1.91. The first-order chi connectivity index (χ1) is 18.8. The fourth-order valence-electron chi connectivity index (χ4n) is 5.17. The van der Waals surface area contributed by atoms with Crippen LogP contribution in [0, 0.1) is 0 Å². The van der Waals surface area contributed by atoms with E-state index in [1.54, 1.807) is 31.4 Å². The highest BCUT2D eigenvalue weighted by molar-refractivity contribution is 7.92. The van der Waals surface area contributed by atoms with E-state index in [2.05, 4.69) is 32.5 Å². The standard InChI is InChI=1S/C28H34ClN5O4S/c1-34-15-14-20(18-34)38-19-12-13-23(25(16-19)37-2)32-28-30-17-22(29)27(33-28)31-24-10-6-7-11-26(24)39(35,36)21-8-4-3-5-9-21/h6-7,10-13,16-17,20-21H,3-5,8-9,14-15,18H2,1-2H3,(H2,30,31,32,33)/t20-/m1/s1. The average molecular weight is 572 g/mol. The zero-order valence-corrected chi connectivity index (χ0v) is 23.8. The number of likely N-dealkylation sites (N-methyl/N-ethyl adjacent to an activating group) is 1. The number of aromatic nitrogens is 2. The van der Waals surface area contributed by atoms with Crippen molar-refractivity contribution in [3.8, 4) is 11.5 Å². The molecule has 1 aliphatic heterocycles. The first-order valence-electron chi connectivity index (χ1n) is 13.3. The van der Waals surface area contributed by atoms with Gasteiger partial charge in [0.2, 0.25) is 5.95 Å². The summed E-state index contributed by atoms with van der Waals surface area (Å²) in [5, 5.41) is 6.20. The molecule has 5 rings (SSSR count). The van der Waals surface area contributed by atoms with Crippen LogP contribution in [0.1, 0.15) is 38.5 Å². The molecule has 1 atom stereocenters. The molecule has 0 unspecified atom stereocenters. The number of para-hydroxylation sites is 1. The van der Waals surface area contributed by atoms with Crippen LogP contribution < -0.4 is 20.1 Å². The minimum atomic E-state index is -3.50. The van der Waals surface area contributed by atoms with Crippen molar-refractivity contribution in [1.29, 1.82) is 0 Å². The number of anilines is 4. The maximum Gasteiger partial charge on any atom is 0.229 e. The minimum absolute atomic E-state index is 0.150. The lowest BCUT2D eigenvalue weighted by atomic mass is 10.0. The highest BCUT2D eigenvalue weighted by atomic mass is 35.5. The molecule has 208 valence electrons. The summed E-state index contributed by atoms with van der Waals surface area (Å²) >= 11 is 6.43. The van der Waals surface area contributed by atoms with E-state index in [0.29, 0.717) is 35.8 Å². The van der Waals surface area contributed by atoms with Gasteiger partial charge in [-0.15, -0.1) is 0 Å². The smallest absolute Gasteiger partial charge is 0.229 e. The van der Waals surface area contributed by atoms with Crippen LogP contribution in [-0.2, 0) is 9.84 Å². The quantitative estimate of drug-likeness (QED) is 0.329. The second-order valence-corrected chi connectivity index (χ2v) is 12.7. The Morgan fingerprint density at radius 3 is 2.56 bits per heavy atom. The van der Waals surface area contributed by atoms with Crippen LogP contribution in [0.25, 0.3) is 0 Å². The van der Waals surface area contributed by atoms with E-state index in [-0.39, 0.29) is 27.2 Å². The predicted octanol–water partition coefficient (Wildman–Crippen LogP) is 5.82. The van der Waals surface area contributed by atoms with Crippen LogP contribution in [0.3, 0.4) is 0 Å². The Kier molecular flexibility index (Phi) is 8.44. The zero-order valence-electron chi connectivity index (χ0n) is 22.2. The van der Waals surface area contributed by atoms with Gasteiger partial charge in [-0.2, -0.15) is 4.98 Å². The summed E-state index contributed by atoms with van der Waals surface area (Å²) in [4.78, 5) is 11.3. The van der Waals surface area contributed by atoms with Crippen molar-refractivity contribution in [2.45, 2.75) is 54.8 Å². The highest BCUT2D eigenvalue weighted by Gasteiger charge is 2.31. The maximum atomic E-state index is 13.5. The number of sulfone groups is 1. The zero-order chi connectivity index (χ0) is 27.4. The van der Waals surface area contributed by atoms with Gasteiger partial charge in [0.15, 0.2) is 15.7 Å². The van der Waals surface area contributed by atoms with Crippen LogP contribution in [-0.4, -0.2) is 61.9 Å². The molecule has 2 N–H and O–H groups in total. The molecule has 39 heavy (non-hydrogen) atoms. The minimum Gasteiger partial charge on any atom is -0.494 e. The third-order valence-corrected chi connectivity index (χ3v) is 9.85. The monoisotopic (exact) mass is 571 g/mol. The Bertz CT molecular complexity index is 1410. The normalized spacial score (nSPS) is 18.6. The molecule has 2 aromatic carbocycles. The van der Waals surface area contributed by atoms with Crippen molar-refractivity contribution < 1.29 is 17.9 Å². The van der Waals surface area contributed by atoms with E-state index in [1.165, 1.54) is 6.20 Å². The van der Waals surface area contributed by atoms with Crippen LogP contribution in [0.15, 0.2) is 53.6 Å². The Labute approximate surface area is 234 Å². The number of halogens is 1. The van der Waals surface area contributed by atoms with Crippen LogP contribution in [0.2, 0.25) is 5.02 Å². The lowest BCUT2D eigenvalue weighted by Crippen LogP contribution is -2.24. The molecule has 3 aromatic rings. The van der Waals surface area contributed by atoms with Gasteiger partial charge >= 0.3 is 0 Å². The highest BCUT2D eigenvalue weighted by Crippen LogP contribution is 2.36. The fourth-order valence-corrected chi connectivity index (χ4v) is 7.31. The van der Waals surface area contributed by atoms with Crippen molar-refractivity contribution in [3.63, 3.8) is 0 Å². The van der Waals surface area contributed by atoms with E-state index in [4.69, 9.17) is 21.1 Å². The number of likely N-dealkylation sites (tertiary alicyclic amines) is 1. The van der Waals surface area contributed by atoms with Crippen molar-refractivity contribution in [2.24, 2.45) is 0 Å². The Morgan fingerprint density at radius 1 is 1.03 bits per heavy atom. The molecule has 1 aliphatic carbocycles. The third-order valence-electron chi connectivity index (χ3n) is 7.25. The van der Waals surface area contributed by atoms with Crippen LogP contribution >= 0.6 is 11.6 Å². The van der Waals surface area contributed by atoms with Crippen molar-refractivity contribution in [3.05, 3.63) is 53.7 Å². The van der Waals surface area contributed by atoms with E-state index in [9.17, 15) is 8.42 Å². The molecule has 2 aliphatic rings. The van der Waals surface area contributed by atoms with Crippen molar-refractivity contribution >= 4 is 44.6 Å². The third kappa shape index (κ3) is 6.40. The number of hydrogen-bond donors (Lipinski definition) is 2. The summed E-state index contributed by atoms with van der Waals surface area (Å²) < 4.78 is 38.6. The van der Waals surface area contributed by atoms with E-state index in [0.717, 1.165) is 44.5 Å². The molecule has 1 aromatic heterocycles. The first-order valence-corrected chi connectivity index (χ1v) is 15.2. The fraction of sp³-hybridized carbons (Fsp3) is 0.429. The van der Waals surface area contributed by atoms with Gasteiger partial charge in [-0.05, 0) is 50.6 Å². The van der Waals surface area contributed by atoms with Gasteiger partial charge in [0.25, 0.3) is 0 Å². The largest absolute Gasteiger partial charge is 0.494 e. The predicted molar refractivity (Wildman–Crippen MR) is 154 cm³/mol. The number of benzene rings is 2. The Hall–Kier alpha value is -3.08. The molecule has 0 spiro atoms. The average Bonchev–Trinajstić information content (AvgIpc) is 3.36. The van der Waals surface area contributed by atoms with Gasteiger partial charge in [0, 0.05) is 19.2 Å². The van der Waals surface area contributed by atoms with E-state index in [1.807, 2.05) is 18.2 Å². The molecule has 11 heteroatoms. The molecule has 1 saturated carbocycles.